The van der Waals surface area contributed by atoms with E-state index in [-0.39, 0.29) is 11.9 Å². The lowest BCUT2D eigenvalue weighted by atomic mass is 9.98. The predicted octanol–water partition coefficient (Wildman–Crippen LogP) is 7.69. The van der Waals surface area contributed by atoms with E-state index in [0.29, 0.717) is 11.2 Å². The van der Waals surface area contributed by atoms with Crippen LogP contribution in [0.3, 0.4) is 0 Å². The molecule has 2 N–H and O–H groups in total. The number of H-pyrrole nitrogens is 2. The first-order valence-corrected chi connectivity index (χ1v) is 13.1. The highest BCUT2D eigenvalue weighted by Crippen LogP contribution is 2.35. The maximum Gasteiger partial charge on any atom is 0.138 e. The zero-order chi connectivity index (χ0) is 25.5. The molecular weight excluding hydrogens is 477 g/mol. The number of fused-ring (bicyclic) bond motifs is 2. The van der Waals surface area contributed by atoms with Crippen molar-refractivity contribution in [3.8, 4) is 39.4 Å². The Hall–Kier alpha value is -4.52. The van der Waals surface area contributed by atoms with Crippen LogP contribution in [-0.4, -0.2) is 31.3 Å². The summed E-state index contributed by atoms with van der Waals surface area (Å²) in [5.41, 5.74) is 6.56. The summed E-state index contributed by atoms with van der Waals surface area (Å²) in [6.45, 7) is 0. The predicted molar refractivity (Wildman–Crippen MR) is 147 cm³/mol. The molecule has 6 nitrogen and oxygen atoms in total. The minimum Gasteiger partial charge on any atom is -0.489 e. The maximum atomic E-state index is 14.6. The fourth-order valence-electron chi connectivity index (χ4n) is 5.48. The van der Waals surface area contributed by atoms with Gasteiger partial charge >= 0.3 is 0 Å². The van der Waals surface area contributed by atoms with Crippen molar-refractivity contribution in [2.45, 2.75) is 38.2 Å². The fourth-order valence-corrected chi connectivity index (χ4v) is 5.48. The second-order valence-corrected chi connectivity index (χ2v) is 9.90. The van der Waals surface area contributed by atoms with Crippen molar-refractivity contribution in [1.29, 1.82) is 0 Å². The molecule has 1 aliphatic carbocycles. The molecule has 1 saturated carbocycles. The second-order valence-electron chi connectivity index (χ2n) is 9.90. The van der Waals surface area contributed by atoms with Crippen LogP contribution in [-0.2, 0) is 0 Å². The molecule has 2 aromatic carbocycles. The number of hydrogen-bond acceptors (Lipinski definition) is 4. The van der Waals surface area contributed by atoms with Gasteiger partial charge in [-0.05, 0) is 73.2 Å². The molecule has 0 atom stereocenters. The molecular formula is C31H26FN5O. The number of hydrogen-bond donors (Lipinski definition) is 2. The fraction of sp³-hybridized carbons (Fsp3) is 0.194. The summed E-state index contributed by atoms with van der Waals surface area (Å²) < 4.78 is 20.8. The van der Waals surface area contributed by atoms with Gasteiger partial charge in [0.15, 0.2) is 0 Å². The molecule has 7 heteroatoms. The van der Waals surface area contributed by atoms with Crippen molar-refractivity contribution in [3.05, 3.63) is 85.1 Å². The summed E-state index contributed by atoms with van der Waals surface area (Å²) in [7, 11) is 0. The Morgan fingerprint density at radius 3 is 2.63 bits per heavy atom. The topological polar surface area (TPSA) is 79.5 Å². The lowest BCUT2D eigenvalue weighted by molar-refractivity contribution is 0.154. The molecule has 6 aromatic rings. The van der Waals surface area contributed by atoms with Gasteiger partial charge in [0, 0.05) is 34.3 Å². The molecule has 4 aromatic heterocycles. The van der Waals surface area contributed by atoms with Gasteiger partial charge in [0.1, 0.15) is 22.9 Å². The highest BCUT2D eigenvalue weighted by atomic mass is 19.1. The van der Waals surface area contributed by atoms with E-state index < -0.39 is 0 Å². The van der Waals surface area contributed by atoms with Crippen LogP contribution in [0.2, 0.25) is 0 Å². The van der Waals surface area contributed by atoms with E-state index in [0.717, 1.165) is 63.0 Å². The molecule has 0 bridgehead atoms. The van der Waals surface area contributed by atoms with Crippen LogP contribution >= 0.6 is 0 Å². The van der Waals surface area contributed by atoms with Gasteiger partial charge in [-0.2, -0.15) is 5.10 Å². The number of pyridine rings is 2. The van der Waals surface area contributed by atoms with E-state index in [2.05, 4.69) is 43.3 Å². The van der Waals surface area contributed by atoms with Gasteiger partial charge in [0.25, 0.3) is 0 Å². The van der Waals surface area contributed by atoms with Crippen molar-refractivity contribution in [2.24, 2.45) is 0 Å². The summed E-state index contributed by atoms with van der Waals surface area (Å²) >= 11 is 0. The van der Waals surface area contributed by atoms with Gasteiger partial charge in [-0.1, -0.05) is 30.7 Å². The molecule has 38 heavy (non-hydrogen) atoms. The van der Waals surface area contributed by atoms with E-state index >= 15 is 0 Å². The van der Waals surface area contributed by atoms with Crippen molar-refractivity contribution >= 4 is 21.9 Å². The van der Waals surface area contributed by atoms with Crippen molar-refractivity contribution in [3.63, 3.8) is 0 Å². The maximum absolute atomic E-state index is 14.6. The number of aromatic amines is 2. The van der Waals surface area contributed by atoms with Crippen LogP contribution in [0.15, 0.2) is 79.3 Å². The smallest absolute Gasteiger partial charge is 0.138 e. The first kappa shape index (κ1) is 22.7. The standard InChI is InChI=1S/C31H26FN5O/c32-27-9-5-4-8-24(27)23-12-13-34-31-25(23)16-29(35-31)30-26-15-19(10-11-28(26)36-37-30)20-14-22(18-33-17-20)38-21-6-2-1-3-7-21/h4-5,8-18,21H,1-3,6-7H2,(H,34,35)(H,36,37). The van der Waals surface area contributed by atoms with Crippen LogP contribution in [0, 0.1) is 5.82 Å². The van der Waals surface area contributed by atoms with Gasteiger partial charge in [-0.25, -0.2) is 9.37 Å². The third-order valence-corrected chi connectivity index (χ3v) is 7.42. The zero-order valence-corrected chi connectivity index (χ0v) is 20.7. The molecule has 0 radical (unpaired) electrons. The van der Waals surface area contributed by atoms with E-state index in [1.165, 1.54) is 25.3 Å². The molecule has 0 amide bonds. The lowest BCUT2D eigenvalue weighted by Gasteiger charge is -2.23. The molecule has 0 spiro atoms. The largest absolute Gasteiger partial charge is 0.489 e. The average Bonchev–Trinajstić information content (AvgIpc) is 3.58. The van der Waals surface area contributed by atoms with Crippen LogP contribution in [0.1, 0.15) is 32.1 Å². The number of nitrogens with zero attached hydrogens (tertiary/aromatic N) is 3. The third-order valence-electron chi connectivity index (χ3n) is 7.42. The van der Waals surface area contributed by atoms with Crippen molar-refractivity contribution in [1.82, 2.24) is 25.1 Å². The van der Waals surface area contributed by atoms with E-state index in [4.69, 9.17) is 4.74 Å². The highest BCUT2D eigenvalue weighted by Gasteiger charge is 2.17. The molecule has 0 aliphatic heterocycles. The number of halogens is 1. The molecule has 4 heterocycles. The van der Waals surface area contributed by atoms with E-state index in [9.17, 15) is 4.39 Å². The quantitative estimate of drug-likeness (QED) is 0.253. The van der Waals surface area contributed by atoms with E-state index in [1.807, 2.05) is 30.5 Å². The average molecular weight is 504 g/mol. The third kappa shape index (κ3) is 4.10. The first-order chi connectivity index (χ1) is 18.7. The Morgan fingerprint density at radius 2 is 1.74 bits per heavy atom. The van der Waals surface area contributed by atoms with Crippen LogP contribution < -0.4 is 4.74 Å². The van der Waals surface area contributed by atoms with Crippen LogP contribution in [0.25, 0.3) is 55.6 Å². The van der Waals surface area contributed by atoms with E-state index in [1.54, 1.807) is 24.5 Å². The number of aromatic nitrogens is 5. The molecule has 1 aliphatic rings. The van der Waals surface area contributed by atoms with Crippen molar-refractivity contribution < 1.29 is 9.13 Å². The number of ether oxygens (including phenoxy) is 1. The summed E-state index contributed by atoms with van der Waals surface area (Å²) in [6, 6.07) is 18.9. The zero-order valence-electron chi connectivity index (χ0n) is 20.7. The SMILES string of the molecule is Fc1ccccc1-c1ccnc2[nH]c(-c3n[nH]c4ccc(-c5cncc(OC6CCCCC6)c5)cc34)cc12. The van der Waals surface area contributed by atoms with Crippen LogP contribution in [0.5, 0.6) is 5.75 Å². The summed E-state index contributed by atoms with van der Waals surface area (Å²) in [5.74, 6) is 0.546. The first-order valence-electron chi connectivity index (χ1n) is 13.1. The molecule has 0 saturated heterocycles. The van der Waals surface area contributed by atoms with Crippen molar-refractivity contribution in [2.75, 3.05) is 0 Å². The molecule has 0 unspecified atom stereocenters. The minimum absolute atomic E-state index is 0.263. The number of rotatable bonds is 5. The van der Waals surface area contributed by atoms with Crippen LogP contribution in [0.4, 0.5) is 4.39 Å². The van der Waals surface area contributed by atoms with Gasteiger partial charge in [-0.3, -0.25) is 10.1 Å². The Balaban J connectivity index is 1.26. The second kappa shape index (κ2) is 9.41. The number of benzene rings is 2. The number of nitrogens with one attached hydrogen (secondary N) is 2. The molecule has 1 fully saturated rings. The van der Waals surface area contributed by atoms with Gasteiger partial charge in [0.2, 0.25) is 0 Å². The highest BCUT2D eigenvalue weighted by molar-refractivity contribution is 6.00. The Kier molecular flexibility index (Phi) is 5.61. The molecule has 188 valence electrons. The summed E-state index contributed by atoms with van der Waals surface area (Å²) in [5, 5.41) is 9.57. The minimum atomic E-state index is -0.263. The lowest BCUT2D eigenvalue weighted by Crippen LogP contribution is -2.19. The Bertz CT molecular complexity index is 1770. The monoisotopic (exact) mass is 503 g/mol. The summed E-state index contributed by atoms with van der Waals surface area (Å²) in [4.78, 5) is 12.3. The molecule has 7 rings (SSSR count). The Morgan fingerprint density at radius 1 is 0.842 bits per heavy atom. The van der Waals surface area contributed by atoms with Gasteiger partial charge < -0.3 is 9.72 Å². The van der Waals surface area contributed by atoms with Gasteiger partial charge in [0.05, 0.1) is 23.5 Å². The normalized spacial score (nSPS) is 14.3. The van der Waals surface area contributed by atoms with Gasteiger partial charge in [-0.15, -0.1) is 0 Å². The summed E-state index contributed by atoms with van der Waals surface area (Å²) in [6.07, 6.45) is 11.6. The Labute approximate surface area is 218 Å².